The highest BCUT2D eigenvalue weighted by molar-refractivity contribution is 7.18. The normalized spacial score (nSPS) is 13.9. The molecular formula is C18H42NOP. The van der Waals surface area contributed by atoms with E-state index < -0.39 is 0 Å². The van der Waals surface area contributed by atoms with Crippen LogP contribution in [-0.2, 0) is 4.79 Å². The first-order valence-electron chi connectivity index (χ1n) is 8.51. The monoisotopic (exact) mass is 319 g/mol. The summed E-state index contributed by atoms with van der Waals surface area (Å²) >= 11 is 0. The van der Waals surface area contributed by atoms with Crippen molar-refractivity contribution in [2.75, 3.05) is 0 Å². The van der Waals surface area contributed by atoms with E-state index in [1.165, 1.54) is 12.8 Å². The molecule has 0 spiro atoms. The Morgan fingerprint density at radius 2 is 1.33 bits per heavy atom. The number of carbonyl (C=O) groups excluding carboxylic acids is 1. The second kappa shape index (κ2) is 11.5. The summed E-state index contributed by atoms with van der Waals surface area (Å²) in [6.45, 7) is 23.1. The van der Waals surface area contributed by atoms with E-state index in [4.69, 9.17) is 0 Å². The predicted octanol–water partition coefficient (Wildman–Crippen LogP) is 6.01. The molecule has 2 atom stereocenters. The van der Waals surface area contributed by atoms with Crippen LogP contribution in [-0.4, -0.2) is 11.2 Å². The maximum atomic E-state index is 11.2. The smallest absolute Gasteiger partial charge is 0.217 e. The van der Waals surface area contributed by atoms with Gasteiger partial charge in [-0.3, -0.25) is 4.79 Å². The first-order chi connectivity index (χ1) is 9.43. The molecule has 0 aromatic rings. The van der Waals surface area contributed by atoms with Gasteiger partial charge in [0, 0.05) is 6.92 Å². The number of amides is 1. The number of hydrogen-bond donors (Lipinski definition) is 1. The maximum absolute atomic E-state index is 11.2. The van der Waals surface area contributed by atoms with E-state index in [-0.39, 0.29) is 22.0 Å². The second-order valence-electron chi connectivity index (χ2n) is 6.79. The average Bonchev–Trinajstić information content (AvgIpc) is 2.30. The minimum absolute atomic E-state index is 0.0339. The summed E-state index contributed by atoms with van der Waals surface area (Å²) in [5.74, 6) is 0.0339. The highest BCUT2D eigenvalue weighted by Gasteiger charge is 2.40. The number of nitrogens with one attached hydrogen (secondary N) is 1. The van der Waals surface area contributed by atoms with Crippen LogP contribution in [0.3, 0.4) is 0 Å². The Morgan fingerprint density at radius 1 is 0.952 bits per heavy atom. The lowest BCUT2D eigenvalue weighted by atomic mass is 9.63. The topological polar surface area (TPSA) is 29.1 Å². The van der Waals surface area contributed by atoms with Gasteiger partial charge in [-0.1, -0.05) is 68.7 Å². The third-order valence-corrected chi connectivity index (χ3v) is 4.33. The fourth-order valence-corrected chi connectivity index (χ4v) is 3.28. The third kappa shape index (κ3) is 11.2. The van der Waals surface area contributed by atoms with Crippen molar-refractivity contribution in [1.82, 2.24) is 5.32 Å². The third-order valence-electron chi connectivity index (χ3n) is 3.98. The first-order valence-corrected chi connectivity index (χ1v) is 9.09. The van der Waals surface area contributed by atoms with Crippen molar-refractivity contribution in [2.45, 2.75) is 101 Å². The van der Waals surface area contributed by atoms with E-state index in [1.807, 2.05) is 27.7 Å². The first kappa shape index (κ1) is 25.8. The zero-order valence-corrected chi connectivity index (χ0v) is 17.8. The van der Waals surface area contributed by atoms with Crippen molar-refractivity contribution in [3.05, 3.63) is 0 Å². The van der Waals surface area contributed by atoms with Crippen LogP contribution >= 0.6 is 9.24 Å². The van der Waals surface area contributed by atoms with Gasteiger partial charge < -0.3 is 5.32 Å². The summed E-state index contributed by atoms with van der Waals surface area (Å²) < 4.78 is 0. The fourth-order valence-electron chi connectivity index (χ4n) is 2.57. The fraction of sp³-hybridized carbons (Fsp3) is 0.944. The summed E-state index contributed by atoms with van der Waals surface area (Å²) in [6, 6.07) is 0. The van der Waals surface area contributed by atoms with E-state index in [0.717, 1.165) is 6.42 Å². The molecule has 0 fully saturated rings. The molecule has 2 nitrogen and oxygen atoms in total. The Labute approximate surface area is 137 Å². The van der Waals surface area contributed by atoms with Crippen molar-refractivity contribution < 1.29 is 4.79 Å². The number of carbonyl (C=O) groups is 1. The Morgan fingerprint density at radius 3 is 1.62 bits per heavy atom. The van der Waals surface area contributed by atoms with Gasteiger partial charge in [-0.15, -0.1) is 9.24 Å². The molecule has 0 saturated heterocycles. The van der Waals surface area contributed by atoms with Gasteiger partial charge in [0.05, 0.1) is 5.28 Å². The van der Waals surface area contributed by atoms with Crippen molar-refractivity contribution in [1.29, 1.82) is 0 Å². The minimum atomic E-state index is -0.222. The van der Waals surface area contributed by atoms with Gasteiger partial charge in [0.2, 0.25) is 5.91 Å². The summed E-state index contributed by atoms with van der Waals surface area (Å²) in [5.41, 5.74) is 0.458. The van der Waals surface area contributed by atoms with Gasteiger partial charge in [-0.2, -0.15) is 0 Å². The Hall–Kier alpha value is -0.100. The van der Waals surface area contributed by atoms with Crippen molar-refractivity contribution in [2.24, 2.45) is 10.8 Å². The Bertz CT molecular complexity index is 270. The molecule has 0 aromatic heterocycles. The Kier molecular flexibility index (Phi) is 14.1. The largest absolute Gasteiger partial charge is 0.348 e. The lowest BCUT2D eigenvalue weighted by Gasteiger charge is -2.46. The van der Waals surface area contributed by atoms with Crippen LogP contribution in [0.2, 0.25) is 0 Å². The average molecular weight is 320 g/mol. The van der Waals surface area contributed by atoms with Crippen LogP contribution in [0, 0.1) is 10.8 Å². The summed E-state index contributed by atoms with van der Waals surface area (Å²) in [6.07, 6.45) is 3.36. The van der Waals surface area contributed by atoms with E-state index in [0.29, 0.717) is 0 Å². The summed E-state index contributed by atoms with van der Waals surface area (Å²) in [7, 11) is 2.79. The Balaban J connectivity index is -0.000000739. The molecule has 0 heterocycles. The zero-order valence-electron chi connectivity index (χ0n) is 16.6. The van der Waals surface area contributed by atoms with Crippen LogP contribution < -0.4 is 5.32 Å². The van der Waals surface area contributed by atoms with Crippen LogP contribution in [0.1, 0.15) is 95.4 Å². The van der Waals surface area contributed by atoms with Gasteiger partial charge >= 0.3 is 0 Å². The SMILES string of the molecule is CC.CC.CCCC(C)(C)C(C)(C)CC(C)(P)NC(C)=O. The van der Waals surface area contributed by atoms with Gasteiger partial charge in [0.25, 0.3) is 0 Å². The van der Waals surface area contributed by atoms with E-state index in [1.54, 1.807) is 6.92 Å². The van der Waals surface area contributed by atoms with Gasteiger partial charge in [-0.25, -0.2) is 0 Å². The highest BCUT2D eigenvalue weighted by Crippen LogP contribution is 2.48. The maximum Gasteiger partial charge on any atom is 0.217 e. The molecule has 0 rings (SSSR count). The van der Waals surface area contributed by atoms with E-state index >= 15 is 0 Å². The molecule has 0 bridgehead atoms. The molecule has 0 saturated carbocycles. The lowest BCUT2D eigenvalue weighted by Crippen LogP contribution is -2.46. The van der Waals surface area contributed by atoms with Gasteiger partial charge in [0.15, 0.2) is 0 Å². The van der Waals surface area contributed by atoms with Crippen LogP contribution in [0.15, 0.2) is 0 Å². The van der Waals surface area contributed by atoms with Crippen LogP contribution in [0.4, 0.5) is 0 Å². The summed E-state index contributed by atoms with van der Waals surface area (Å²) in [5, 5.41) is 2.79. The van der Waals surface area contributed by atoms with Crippen molar-refractivity contribution in [3.8, 4) is 0 Å². The molecule has 21 heavy (non-hydrogen) atoms. The molecular weight excluding hydrogens is 277 g/mol. The molecule has 3 heteroatoms. The van der Waals surface area contributed by atoms with Gasteiger partial charge in [-0.05, 0) is 30.6 Å². The molecule has 1 amide bonds. The van der Waals surface area contributed by atoms with Crippen molar-refractivity contribution in [3.63, 3.8) is 0 Å². The quantitative estimate of drug-likeness (QED) is 0.597. The number of hydrogen-bond acceptors (Lipinski definition) is 1. The standard InChI is InChI=1S/C14H30NOP.2C2H6/c1-8-9-12(3,4)13(5,6)10-14(7,17)15-11(2)16;2*1-2/h8-10,17H2,1-7H3,(H,15,16);2*1-2H3. The molecule has 0 aromatic carbocycles. The van der Waals surface area contributed by atoms with Crippen molar-refractivity contribution >= 4 is 15.1 Å². The molecule has 0 aliphatic heterocycles. The second-order valence-corrected chi connectivity index (χ2v) is 8.07. The number of rotatable bonds is 6. The predicted molar refractivity (Wildman–Crippen MR) is 102 cm³/mol. The molecule has 0 aliphatic carbocycles. The van der Waals surface area contributed by atoms with E-state index in [9.17, 15) is 4.79 Å². The molecule has 0 aliphatic rings. The minimum Gasteiger partial charge on any atom is -0.348 e. The molecule has 1 N–H and O–H groups in total. The highest BCUT2D eigenvalue weighted by atomic mass is 31.0. The lowest BCUT2D eigenvalue weighted by molar-refractivity contribution is -0.120. The molecule has 0 radical (unpaired) electrons. The molecule has 2 unspecified atom stereocenters. The van der Waals surface area contributed by atoms with Crippen LogP contribution in [0.5, 0.6) is 0 Å². The zero-order chi connectivity index (χ0) is 17.9. The molecule has 130 valence electrons. The van der Waals surface area contributed by atoms with Gasteiger partial charge in [0.1, 0.15) is 0 Å². The summed E-state index contributed by atoms with van der Waals surface area (Å²) in [4.78, 5) is 11.2. The van der Waals surface area contributed by atoms with Crippen LogP contribution in [0.25, 0.3) is 0 Å². The van der Waals surface area contributed by atoms with E-state index in [2.05, 4.69) is 56.1 Å².